The van der Waals surface area contributed by atoms with Gasteiger partial charge in [-0.25, -0.2) is 4.98 Å². The largest absolute Gasteiger partial charge is 0.306 e. The molecule has 0 aliphatic rings. The summed E-state index contributed by atoms with van der Waals surface area (Å²) in [6.45, 7) is 1.62. The maximum absolute atomic E-state index is 4.20. The van der Waals surface area contributed by atoms with E-state index in [4.69, 9.17) is 0 Å². The van der Waals surface area contributed by atoms with Crippen LogP contribution in [0.5, 0.6) is 0 Å². The number of nitrogens with zero attached hydrogens (tertiary/aromatic N) is 2. The van der Waals surface area contributed by atoms with Crippen LogP contribution < -0.4 is 5.32 Å². The smallest absolute Gasteiger partial charge is 0.106 e. The minimum absolute atomic E-state index is 0.810. The molecule has 0 fully saturated rings. The topological polar surface area (TPSA) is 37.8 Å². The first-order valence-electron chi connectivity index (χ1n) is 4.53. The minimum Gasteiger partial charge on any atom is -0.306 e. The second-order valence-electron chi connectivity index (χ2n) is 3.04. The standard InChI is InChI=1S/C10H10BrN3S/c11-9-3-8(4-12-6-9)5-13-7-10-14-1-2-15-10/h1-4,6,13H,5,7H2. The summed E-state index contributed by atoms with van der Waals surface area (Å²) in [7, 11) is 0. The zero-order valence-electron chi connectivity index (χ0n) is 7.98. The van der Waals surface area contributed by atoms with Gasteiger partial charge in [-0.1, -0.05) is 0 Å². The number of rotatable bonds is 4. The zero-order chi connectivity index (χ0) is 10.5. The summed E-state index contributed by atoms with van der Waals surface area (Å²) in [4.78, 5) is 8.30. The fraction of sp³-hybridized carbons (Fsp3) is 0.200. The predicted molar refractivity (Wildman–Crippen MR) is 64.6 cm³/mol. The van der Waals surface area contributed by atoms with Gasteiger partial charge in [0.25, 0.3) is 0 Å². The maximum atomic E-state index is 4.20. The summed E-state index contributed by atoms with van der Waals surface area (Å²) in [5, 5.41) is 6.41. The monoisotopic (exact) mass is 283 g/mol. The Labute approximate surface area is 101 Å². The third kappa shape index (κ3) is 3.37. The molecule has 15 heavy (non-hydrogen) atoms. The van der Waals surface area contributed by atoms with E-state index in [-0.39, 0.29) is 0 Å². The molecule has 0 spiro atoms. The van der Waals surface area contributed by atoms with Gasteiger partial charge in [-0.05, 0) is 27.6 Å². The Morgan fingerprint density at radius 3 is 3.00 bits per heavy atom. The summed E-state index contributed by atoms with van der Waals surface area (Å²) < 4.78 is 1.01. The van der Waals surface area contributed by atoms with Crippen molar-refractivity contribution < 1.29 is 0 Å². The lowest BCUT2D eigenvalue weighted by molar-refractivity contribution is 0.688. The third-order valence-corrected chi connectivity index (χ3v) is 3.06. The van der Waals surface area contributed by atoms with Crippen molar-refractivity contribution in [3.05, 3.63) is 45.1 Å². The molecule has 5 heteroatoms. The van der Waals surface area contributed by atoms with Crippen molar-refractivity contribution in [3.63, 3.8) is 0 Å². The second-order valence-corrected chi connectivity index (χ2v) is 4.94. The van der Waals surface area contributed by atoms with Crippen LogP contribution in [0.25, 0.3) is 0 Å². The molecular formula is C10H10BrN3S. The molecule has 2 heterocycles. The molecule has 0 unspecified atom stereocenters. The summed E-state index contributed by atoms with van der Waals surface area (Å²) in [6.07, 6.45) is 5.46. The van der Waals surface area contributed by atoms with Crippen molar-refractivity contribution in [2.45, 2.75) is 13.1 Å². The molecule has 0 radical (unpaired) electrons. The molecule has 0 atom stereocenters. The molecule has 0 amide bonds. The fourth-order valence-corrected chi connectivity index (χ4v) is 2.20. The first-order valence-corrected chi connectivity index (χ1v) is 6.20. The summed E-state index contributed by atoms with van der Waals surface area (Å²) in [6, 6.07) is 2.06. The summed E-state index contributed by atoms with van der Waals surface area (Å²) >= 11 is 5.05. The number of halogens is 1. The Bertz CT molecular complexity index is 416. The van der Waals surface area contributed by atoms with Gasteiger partial charge >= 0.3 is 0 Å². The molecule has 0 saturated heterocycles. The molecule has 2 aromatic rings. The fourth-order valence-electron chi connectivity index (χ4n) is 1.21. The van der Waals surface area contributed by atoms with Crippen LogP contribution in [0.15, 0.2) is 34.5 Å². The van der Waals surface area contributed by atoms with Crippen LogP contribution >= 0.6 is 27.3 Å². The van der Waals surface area contributed by atoms with Crippen molar-refractivity contribution >= 4 is 27.3 Å². The van der Waals surface area contributed by atoms with Crippen molar-refractivity contribution in [3.8, 4) is 0 Å². The van der Waals surface area contributed by atoms with Gasteiger partial charge in [-0.3, -0.25) is 4.98 Å². The highest BCUT2D eigenvalue weighted by Gasteiger charge is 1.96. The van der Waals surface area contributed by atoms with Gasteiger partial charge in [0.15, 0.2) is 0 Å². The molecule has 1 N–H and O–H groups in total. The quantitative estimate of drug-likeness (QED) is 0.937. The Morgan fingerprint density at radius 1 is 1.33 bits per heavy atom. The van der Waals surface area contributed by atoms with E-state index in [1.165, 1.54) is 5.56 Å². The number of hydrogen-bond donors (Lipinski definition) is 1. The van der Waals surface area contributed by atoms with E-state index in [1.807, 2.05) is 17.8 Å². The first kappa shape index (κ1) is 10.7. The van der Waals surface area contributed by atoms with Crippen LogP contribution in [0.1, 0.15) is 10.6 Å². The Balaban J connectivity index is 1.83. The minimum atomic E-state index is 0.810. The highest BCUT2D eigenvalue weighted by atomic mass is 79.9. The van der Waals surface area contributed by atoms with Gasteiger partial charge in [0.1, 0.15) is 5.01 Å². The van der Waals surface area contributed by atoms with Crippen molar-refractivity contribution in [1.29, 1.82) is 0 Å². The van der Waals surface area contributed by atoms with E-state index in [0.717, 1.165) is 22.6 Å². The van der Waals surface area contributed by atoms with Crippen LogP contribution in [0, 0.1) is 0 Å². The Morgan fingerprint density at radius 2 is 2.27 bits per heavy atom. The average molecular weight is 284 g/mol. The maximum Gasteiger partial charge on any atom is 0.106 e. The highest BCUT2D eigenvalue weighted by molar-refractivity contribution is 9.10. The lowest BCUT2D eigenvalue weighted by Crippen LogP contribution is -2.12. The van der Waals surface area contributed by atoms with E-state index in [0.29, 0.717) is 0 Å². The normalized spacial score (nSPS) is 10.5. The van der Waals surface area contributed by atoms with Crippen LogP contribution in [0.4, 0.5) is 0 Å². The molecule has 0 bridgehead atoms. The number of pyridine rings is 1. The second kappa shape index (κ2) is 5.34. The van der Waals surface area contributed by atoms with Crippen LogP contribution in [0.3, 0.4) is 0 Å². The van der Waals surface area contributed by atoms with Gasteiger partial charge in [0.2, 0.25) is 0 Å². The van der Waals surface area contributed by atoms with E-state index >= 15 is 0 Å². The molecule has 78 valence electrons. The van der Waals surface area contributed by atoms with Gasteiger partial charge < -0.3 is 5.32 Å². The molecule has 3 nitrogen and oxygen atoms in total. The van der Waals surface area contributed by atoms with Crippen LogP contribution in [-0.4, -0.2) is 9.97 Å². The van der Waals surface area contributed by atoms with E-state index in [9.17, 15) is 0 Å². The molecule has 2 aromatic heterocycles. The molecule has 0 aliphatic heterocycles. The van der Waals surface area contributed by atoms with Crippen molar-refractivity contribution in [2.75, 3.05) is 0 Å². The van der Waals surface area contributed by atoms with E-state index < -0.39 is 0 Å². The van der Waals surface area contributed by atoms with Crippen LogP contribution in [0.2, 0.25) is 0 Å². The van der Waals surface area contributed by atoms with Crippen molar-refractivity contribution in [2.24, 2.45) is 0 Å². The van der Waals surface area contributed by atoms with Crippen molar-refractivity contribution in [1.82, 2.24) is 15.3 Å². The molecule has 0 saturated carbocycles. The molecule has 0 aliphatic carbocycles. The van der Waals surface area contributed by atoms with Gasteiger partial charge in [0.05, 0.1) is 0 Å². The van der Waals surface area contributed by atoms with Gasteiger partial charge in [-0.15, -0.1) is 11.3 Å². The molecule has 2 rings (SSSR count). The summed E-state index contributed by atoms with van der Waals surface area (Å²) in [5.41, 5.74) is 1.17. The number of thiazole rings is 1. The first-order chi connectivity index (χ1) is 7.34. The average Bonchev–Trinajstić information content (AvgIpc) is 2.71. The summed E-state index contributed by atoms with van der Waals surface area (Å²) in [5.74, 6) is 0. The highest BCUT2D eigenvalue weighted by Crippen LogP contribution is 2.09. The van der Waals surface area contributed by atoms with Gasteiger partial charge in [0, 0.05) is 41.5 Å². The third-order valence-electron chi connectivity index (χ3n) is 1.85. The molecule has 0 aromatic carbocycles. The van der Waals surface area contributed by atoms with Crippen LogP contribution in [-0.2, 0) is 13.1 Å². The lowest BCUT2D eigenvalue weighted by atomic mass is 10.3. The van der Waals surface area contributed by atoms with Gasteiger partial charge in [-0.2, -0.15) is 0 Å². The number of hydrogen-bond acceptors (Lipinski definition) is 4. The Hall–Kier alpha value is -0.780. The van der Waals surface area contributed by atoms with E-state index in [2.05, 4.69) is 37.3 Å². The number of aromatic nitrogens is 2. The molecular weight excluding hydrogens is 274 g/mol. The number of nitrogens with one attached hydrogen (secondary N) is 1. The zero-order valence-corrected chi connectivity index (χ0v) is 10.4. The SMILES string of the molecule is Brc1cncc(CNCc2nccs2)c1. The lowest BCUT2D eigenvalue weighted by Gasteiger charge is -2.02. The van der Waals surface area contributed by atoms with E-state index in [1.54, 1.807) is 17.5 Å². The predicted octanol–water partition coefficient (Wildman–Crippen LogP) is 2.59. The Kier molecular flexibility index (Phi) is 3.82.